The number of pyridine rings is 1. The van der Waals surface area contributed by atoms with E-state index in [0.717, 1.165) is 40.7 Å². The molecule has 206 valence electrons. The normalized spacial score (nSPS) is 19.9. The second-order valence-corrected chi connectivity index (χ2v) is 10.6. The molecule has 3 N–H and O–H groups in total. The van der Waals surface area contributed by atoms with E-state index in [-0.39, 0.29) is 12.6 Å². The molecule has 1 amide bonds. The summed E-state index contributed by atoms with van der Waals surface area (Å²) in [6, 6.07) is 12.3. The van der Waals surface area contributed by atoms with E-state index in [1.54, 1.807) is 18.3 Å². The maximum atomic E-state index is 13.4. The number of rotatable bonds is 5. The molecule has 1 saturated carbocycles. The van der Waals surface area contributed by atoms with E-state index < -0.39 is 23.2 Å². The quantitative estimate of drug-likeness (QED) is 0.305. The van der Waals surface area contributed by atoms with E-state index in [2.05, 4.69) is 10.1 Å². The lowest BCUT2D eigenvalue weighted by atomic mass is 9.81. The molecule has 0 bridgehead atoms. The van der Waals surface area contributed by atoms with E-state index in [4.69, 9.17) is 10.8 Å². The number of aromatic nitrogens is 5. The minimum atomic E-state index is -4.48. The smallest absolute Gasteiger partial charge is 0.388 e. The first kappa shape index (κ1) is 26.0. The summed E-state index contributed by atoms with van der Waals surface area (Å²) in [5.41, 5.74) is 7.41. The van der Waals surface area contributed by atoms with Crippen LogP contribution < -0.4 is 5.73 Å². The van der Waals surface area contributed by atoms with Gasteiger partial charge in [-0.1, -0.05) is 6.07 Å². The fourth-order valence-corrected chi connectivity index (χ4v) is 5.79. The van der Waals surface area contributed by atoms with E-state index in [1.165, 1.54) is 16.9 Å². The number of hydrogen-bond donors (Lipinski definition) is 2. The zero-order valence-corrected chi connectivity index (χ0v) is 21.7. The number of amides is 1. The Labute approximate surface area is 227 Å². The zero-order valence-electron chi connectivity index (χ0n) is 21.7. The van der Waals surface area contributed by atoms with Crippen LogP contribution in [0.1, 0.15) is 53.3 Å². The van der Waals surface area contributed by atoms with Gasteiger partial charge in [0.1, 0.15) is 5.69 Å². The first-order valence-electron chi connectivity index (χ1n) is 13.0. The van der Waals surface area contributed by atoms with Gasteiger partial charge in [-0.15, -0.1) is 0 Å². The zero-order chi connectivity index (χ0) is 28.2. The van der Waals surface area contributed by atoms with Crippen molar-refractivity contribution in [1.29, 1.82) is 0 Å². The second-order valence-electron chi connectivity index (χ2n) is 10.6. The number of aryl methyl sites for hydroxylation is 1. The molecule has 8 nitrogen and oxygen atoms in total. The number of halogens is 3. The van der Waals surface area contributed by atoms with Gasteiger partial charge in [-0.05, 0) is 68.7 Å². The van der Waals surface area contributed by atoms with Crippen LogP contribution in [0.3, 0.4) is 0 Å². The monoisotopic (exact) mass is 548 g/mol. The van der Waals surface area contributed by atoms with Crippen LogP contribution in [0.4, 0.5) is 13.2 Å². The fourth-order valence-electron chi connectivity index (χ4n) is 5.79. The van der Waals surface area contributed by atoms with Crippen LogP contribution in [0.15, 0.2) is 60.9 Å². The number of nitrogens with zero attached hydrogens (tertiary/aromatic N) is 5. The van der Waals surface area contributed by atoms with Crippen molar-refractivity contribution in [1.82, 2.24) is 24.5 Å². The van der Waals surface area contributed by atoms with Crippen molar-refractivity contribution in [2.75, 3.05) is 0 Å². The Bertz CT molecular complexity index is 1760. The molecule has 6 rings (SSSR count). The molecule has 2 aromatic carbocycles. The van der Waals surface area contributed by atoms with Gasteiger partial charge in [0.25, 0.3) is 0 Å². The Morgan fingerprint density at radius 2 is 1.98 bits per heavy atom. The van der Waals surface area contributed by atoms with E-state index >= 15 is 0 Å². The number of carbonyl (C=O) groups is 1. The minimum Gasteiger partial charge on any atom is -0.388 e. The van der Waals surface area contributed by atoms with E-state index in [9.17, 15) is 23.1 Å². The largest absolute Gasteiger partial charge is 0.416 e. The van der Waals surface area contributed by atoms with Gasteiger partial charge in [0, 0.05) is 40.2 Å². The van der Waals surface area contributed by atoms with Crippen molar-refractivity contribution >= 4 is 27.7 Å². The topological polar surface area (TPSA) is 112 Å². The van der Waals surface area contributed by atoms with Crippen molar-refractivity contribution in [3.8, 4) is 11.3 Å². The van der Waals surface area contributed by atoms with Crippen LogP contribution in [-0.4, -0.2) is 41.2 Å². The maximum Gasteiger partial charge on any atom is 0.416 e. The van der Waals surface area contributed by atoms with Gasteiger partial charge >= 0.3 is 6.18 Å². The van der Waals surface area contributed by atoms with E-state index in [0.29, 0.717) is 41.4 Å². The summed E-state index contributed by atoms with van der Waals surface area (Å²) in [5.74, 6) is -0.543. The van der Waals surface area contributed by atoms with Crippen LogP contribution in [-0.2, 0) is 12.7 Å². The lowest BCUT2D eigenvalue weighted by Gasteiger charge is -2.37. The molecule has 1 aliphatic rings. The second kappa shape index (κ2) is 9.44. The molecule has 0 spiro atoms. The van der Waals surface area contributed by atoms with Gasteiger partial charge < -0.3 is 10.8 Å². The highest BCUT2D eigenvalue weighted by atomic mass is 19.4. The fraction of sp³-hybridized carbons (Fsp3) is 0.310. The Morgan fingerprint density at radius 1 is 1.15 bits per heavy atom. The predicted molar refractivity (Wildman–Crippen MR) is 143 cm³/mol. The summed E-state index contributed by atoms with van der Waals surface area (Å²) in [6.45, 7) is 1.94. The van der Waals surface area contributed by atoms with E-state index in [1.807, 2.05) is 29.8 Å². The molecule has 1 fully saturated rings. The van der Waals surface area contributed by atoms with Crippen LogP contribution in [0.25, 0.3) is 33.1 Å². The predicted octanol–water partition coefficient (Wildman–Crippen LogP) is 5.42. The number of fused-ring (bicyclic) bond motifs is 2. The average Bonchev–Trinajstić information content (AvgIpc) is 3.48. The molecular weight excluding hydrogens is 521 g/mol. The highest BCUT2D eigenvalue weighted by molar-refractivity contribution is 6.01. The van der Waals surface area contributed by atoms with Crippen molar-refractivity contribution in [3.63, 3.8) is 0 Å². The molecule has 3 heterocycles. The Kier molecular flexibility index (Phi) is 6.14. The lowest BCUT2D eigenvalue weighted by Crippen LogP contribution is -2.40. The first-order valence-corrected chi connectivity index (χ1v) is 13.0. The summed E-state index contributed by atoms with van der Waals surface area (Å²) >= 11 is 0. The van der Waals surface area contributed by atoms with Gasteiger partial charge in [0.2, 0.25) is 5.91 Å². The SMILES string of the molecule is Cc1cc(-c2nn(C3CCCC(O)(Cn4ncc5ccc(C(F)(F)F)cc54)C3)c3ccc(C(N)=O)cc23)ccn1. The van der Waals surface area contributed by atoms with Crippen molar-refractivity contribution in [2.45, 2.75) is 57.0 Å². The first-order chi connectivity index (χ1) is 19.0. The Balaban J connectivity index is 1.37. The van der Waals surface area contributed by atoms with Crippen LogP contribution in [0.5, 0.6) is 0 Å². The molecular formula is C29H27F3N6O2. The van der Waals surface area contributed by atoms with Crippen LogP contribution in [0.2, 0.25) is 0 Å². The number of nitrogens with two attached hydrogens (primary N) is 1. The highest BCUT2D eigenvalue weighted by Gasteiger charge is 2.38. The lowest BCUT2D eigenvalue weighted by molar-refractivity contribution is -0.137. The third kappa shape index (κ3) is 4.70. The molecule has 3 aromatic heterocycles. The van der Waals surface area contributed by atoms with Gasteiger partial charge in [-0.25, -0.2) is 0 Å². The third-order valence-corrected chi connectivity index (χ3v) is 7.72. The number of hydrogen-bond acceptors (Lipinski definition) is 5. The molecule has 40 heavy (non-hydrogen) atoms. The molecule has 1 aliphatic carbocycles. The van der Waals surface area contributed by atoms with Gasteiger partial charge in [-0.2, -0.15) is 23.4 Å². The average molecular weight is 549 g/mol. The summed E-state index contributed by atoms with van der Waals surface area (Å²) in [5, 5.41) is 22.3. The summed E-state index contributed by atoms with van der Waals surface area (Å²) in [7, 11) is 0. The van der Waals surface area contributed by atoms with Gasteiger partial charge in [0.15, 0.2) is 0 Å². The molecule has 0 saturated heterocycles. The van der Waals surface area contributed by atoms with Crippen molar-refractivity contribution in [2.24, 2.45) is 5.73 Å². The number of alkyl halides is 3. The Morgan fingerprint density at radius 3 is 2.73 bits per heavy atom. The highest BCUT2D eigenvalue weighted by Crippen LogP contribution is 2.40. The number of carbonyl (C=O) groups excluding carboxylic acids is 1. The Hall–Kier alpha value is -4.25. The third-order valence-electron chi connectivity index (χ3n) is 7.72. The molecule has 0 aliphatic heterocycles. The minimum absolute atomic E-state index is 0.0513. The van der Waals surface area contributed by atoms with Crippen molar-refractivity contribution in [3.05, 3.63) is 77.7 Å². The molecule has 0 radical (unpaired) electrons. The van der Waals surface area contributed by atoms with Crippen LogP contribution in [0, 0.1) is 6.92 Å². The number of benzene rings is 2. The summed E-state index contributed by atoms with van der Waals surface area (Å²) in [6.07, 6.45) is 0.992. The number of primary amides is 1. The van der Waals surface area contributed by atoms with Crippen LogP contribution >= 0.6 is 0 Å². The molecule has 2 unspecified atom stereocenters. The molecule has 2 atom stereocenters. The van der Waals surface area contributed by atoms with Gasteiger partial charge in [0.05, 0.1) is 41.0 Å². The standard InChI is InChI=1S/C29H27F3N6O2/c1-17-11-18(8-10-34-17)26-23-12-19(27(33)39)5-7-24(23)38(36-26)22-3-2-9-28(40,14-22)16-37-25-13-21(29(30,31)32)6-4-20(25)15-35-37/h4-8,10-13,15,22,40H,2-3,9,14,16H2,1H3,(H2,33,39). The molecule has 5 aromatic rings. The summed E-state index contributed by atoms with van der Waals surface area (Å²) < 4.78 is 43.4. The molecule has 11 heteroatoms. The summed E-state index contributed by atoms with van der Waals surface area (Å²) in [4.78, 5) is 16.2. The number of aliphatic hydroxyl groups is 1. The van der Waals surface area contributed by atoms with Gasteiger partial charge in [-0.3, -0.25) is 19.1 Å². The maximum absolute atomic E-state index is 13.4. The van der Waals surface area contributed by atoms with Crippen molar-refractivity contribution < 1.29 is 23.1 Å².